The van der Waals surface area contributed by atoms with Gasteiger partial charge in [-0.2, -0.15) is 0 Å². The van der Waals surface area contributed by atoms with E-state index in [1.165, 1.54) is 16.7 Å². The van der Waals surface area contributed by atoms with E-state index in [2.05, 4.69) is 79.5 Å². The van der Waals surface area contributed by atoms with Gasteiger partial charge < -0.3 is 4.42 Å². The highest BCUT2D eigenvalue weighted by Crippen LogP contribution is 2.41. The molecule has 5 rings (SSSR count). The summed E-state index contributed by atoms with van der Waals surface area (Å²) in [7, 11) is 0. The number of pyridine rings is 1. The van der Waals surface area contributed by atoms with Crippen molar-refractivity contribution in [1.82, 2.24) is 4.98 Å². The first kappa shape index (κ1) is 17.7. The Balaban J connectivity index is 1.79. The van der Waals surface area contributed by atoms with Gasteiger partial charge in [0.15, 0.2) is 0 Å². The second-order valence-corrected chi connectivity index (χ2v) is 7.98. The van der Waals surface area contributed by atoms with Gasteiger partial charge in [-0.05, 0) is 53.3 Å². The Kier molecular flexibility index (Phi) is 4.40. The smallest absolute Gasteiger partial charge is 0.145 e. The van der Waals surface area contributed by atoms with Crippen LogP contribution in [-0.4, -0.2) is 4.98 Å². The molecule has 142 valence electrons. The summed E-state index contributed by atoms with van der Waals surface area (Å²) in [6.45, 7) is 4.48. The predicted molar refractivity (Wildman–Crippen MR) is 121 cm³/mol. The molecule has 0 saturated heterocycles. The molecule has 0 spiro atoms. The van der Waals surface area contributed by atoms with Gasteiger partial charge in [0.1, 0.15) is 11.2 Å². The van der Waals surface area contributed by atoms with Crippen LogP contribution in [0.25, 0.3) is 44.3 Å². The van der Waals surface area contributed by atoms with Gasteiger partial charge in [-0.25, -0.2) is 0 Å². The highest BCUT2D eigenvalue weighted by molar-refractivity contribution is 6.16. The van der Waals surface area contributed by atoms with Crippen molar-refractivity contribution in [1.29, 1.82) is 0 Å². The van der Waals surface area contributed by atoms with Crippen LogP contribution in [0.2, 0.25) is 0 Å². The van der Waals surface area contributed by atoms with Crippen molar-refractivity contribution in [3.8, 4) is 22.4 Å². The van der Waals surface area contributed by atoms with Crippen molar-refractivity contribution in [3.05, 3.63) is 90.6 Å². The molecule has 0 radical (unpaired) electrons. The molecule has 0 N–H and O–H groups in total. The number of hydrogen-bond donors (Lipinski definition) is 0. The Bertz CT molecular complexity index is 1300. The largest absolute Gasteiger partial charge is 0.455 e. The Morgan fingerprint density at radius 1 is 0.828 bits per heavy atom. The highest BCUT2D eigenvalue weighted by Gasteiger charge is 2.17. The molecule has 0 unspecified atom stereocenters. The summed E-state index contributed by atoms with van der Waals surface area (Å²) in [6.07, 6.45) is 2.95. The highest BCUT2D eigenvalue weighted by atomic mass is 16.3. The van der Waals surface area contributed by atoms with Crippen molar-refractivity contribution in [2.45, 2.75) is 20.3 Å². The van der Waals surface area contributed by atoms with Gasteiger partial charge in [-0.1, -0.05) is 68.4 Å². The average Bonchev–Trinajstić information content (AvgIpc) is 3.13. The quantitative estimate of drug-likeness (QED) is 0.324. The fraction of sp³-hybridized carbons (Fsp3) is 0.148. The van der Waals surface area contributed by atoms with E-state index in [1.54, 1.807) is 0 Å². The molecule has 0 aliphatic carbocycles. The molecule has 2 aromatic heterocycles. The monoisotopic (exact) mass is 377 g/mol. The summed E-state index contributed by atoms with van der Waals surface area (Å²) in [5.74, 6) is 0.608. The maximum absolute atomic E-state index is 6.38. The van der Waals surface area contributed by atoms with Crippen LogP contribution in [-0.2, 0) is 6.42 Å². The third-order valence-corrected chi connectivity index (χ3v) is 5.36. The van der Waals surface area contributed by atoms with E-state index in [1.807, 2.05) is 24.4 Å². The zero-order valence-electron chi connectivity index (χ0n) is 16.7. The maximum atomic E-state index is 6.38. The lowest BCUT2D eigenvalue weighted by molar-refractivity contribution is 0.647. The lowest BCUT2D eigenvalue weighted by atomic mass is 9.95. The molecular weight excluding hydrogens is 354 g/mol. The first-order chi connectivity index (χ1) is 14.2. The zero-order valence-corrected chi connectivity index (χ0v) is 16.7. The SMILES string of the molecule is CC(C)Cc1ccnc(-c2ccc(-c3ccccc3)c3c2oc2ccccc23)c1. The molecule has 5 aromatic rings. The van der Waals surface area contributed by atoms with Crippen molar-refractivity contribution in [3.63, 3.8) is 0 Å². The molecule has 0 fully saturated rings. The first-order valence-corrected chi connectivity index (χ1v) is 10.2. The van der Waals surface area contributed by atoms with Crippen LogP contribution in [0, 0.1) is 5.92 Å². The van der Waals surface area contributed by atoms with Crippen LogP contribution >= 0.6 is 0 Å². The normalized spacial score (nSPS) is 11.6. The predicted octanol–water partition coefficient (Wildman–Crippen LogP) is 7.51. The molecule has 0 aliphatic heterocycles. The van der Waals surface area contributed by atoms with Gasteiger partial charge in [0, 0.05) is 22.5 Å². The van der Waals surface area contributed by atoms with E-state index in [4.69, 9.17) is 4.42 Å². The summed E-state index contributed by atoms with van der Waals surface area (Å²) < 4.78 is 6.38. The molecule has 0 atom stereocenters. The van der Waals surface area contributed by atoms with Crippen molar-refractivity contribution < 1.29 is 4.42 Å². The van der Waals surface area contributed by atoms with Gasteiger partial charge in [-0.15, -0.1) is 0 Å². The summed E-state index contributed by atoms with van der Waals surface area (Å²) in [4.78, 5) is 4.68. The van der Waals surface area contributed by atoms with Crippen LogP contribution in [0.4, 0.5) is 0 Å². The number of aromatic nitrogens is 1. The van der Waals surface area contributed by atoms with Gasteiger partial charge in [0.05, 0.1) is 5.69 Å². The minimum Gasteiger partial charge on any atom is -0.455 e. The number of furan rings is 1. The number of benzene rings is 3. The number of fused-ring (bicyclic) bond motifs is 3. The minimum atomic E-state index is 0.608. The fourth-order valence-corrected chi connectivity index (χ4v) is 4.11. The lowest BCUT2D eigenvalue weighted by Crippen LogP contribution is -1.95. The van der Waals surface area contributed by atoms with E-state index in [-0.39, 0.29) is 0 Å². The molecular formula is C27H23NO. The number of para-hydroxylation sites is 1. The summed E-state index contributed by atoms with van der Waals surface area (Å²) in [6, 6.07) is 27.4. The summed E-state index contributed by atoms with van der Waals surface area (Å²) >= 11 is 0. The first-order valence-electron chi connectivity index (χ1n) is 10.2. The number of hydrogen-bond acceptors (Lipinski definition) is 2. The molecule has 0 bridgehead atoms. The van der Waals surface area contributed by atoms with Crippen molar-refractivity contribution in [2.75, 3.05) is 0 Å². The Morgan fingerprint density at radius 2 is 1.59 bits per heavy atom. The number of nitrogens with zero attached hydrogens (tertiary/aromatic N) is 1. The molecule has 0 amide bonds. The summed E-state index contributed by atoms with van der Waals surface area (Å²) in [5, 5.41) is 2.29. The molecule has 2 heteroatoms. The topological polar surface area (TPSA) is 26.0 Å². The third-order valence-electron chi connectivity index (χ3n) is 5.36. The van der Waals surface area contributed by atoms with E-state index in [9.17, 15) is 0 Å². The standard InChI is InChI=1S/C27H23NO/c1-18(2)16-19-14-15-28-24(17-19)22-13-12-21(20-8-4-3-5-9-20)26-23-10-6-7-11-25(23)29-27(22)26/h3-15,17-18H,16H2,1-2H3. The van der Waals surface area contributed by atoms with Crippen LogP contribution in [0.1, 0.15) is 19.4 Å². The Labute approximate surface area is 170 Å². The Hall–Kier alpha value is -3.39. The molecule has 29 heavy (non-hydrogen) atoms. The third kappa shape index (κ3) is 3.21. The van der Waals surface area contributed by atoms with Crippen LogP contribution < -0.4 is 0 Å². The molecule has 2 heterocycles. The van der Waals surface area contributed by atoms with E-state index < -0.39 is 0 Å². The van der Waals surface area contributed by atoms with E-state index in [0.29, 0.717) is 5.92 Å². The second-order valence-electron chi connectivity index (χ2n) is 7.98. The van der Waals surface area contributed by atoms with Gasteiger partial charge in [-0.3, -0.25) is 4.98 Å². The maximum Gasteiger partial charge on any atom is 0.145 e. The average molecular weight is 377 g/mol. The van der Waals surface area contributed by atoms with Crippen LogP contribution in [0.15, 0.2) is 89.5 Å². The minimum absolute atomic E-state index is 0.608. The van der Waals surface area contributed by atoms with Gasteiger partial charge in [0.25, 0.3) is 0 Å². The summed E-state index contributed by atoms with van der Waals surface area (Å²) in [5.41, 5.74) is 7.51. The van der Waals surface area contributed by atoms with Crippen LogP contribution in [0.3, 0.4) is 0 Å². The fourth-order valence-electron chi connectivity index (χ4n) is 4.11. The van der Waals surface area contributed by atoms with E-state index >= 15 is 0 Å². The van der Waals surface area contributed by atoms with Gasteiger partial charge in [0.2, 0.25) is 0 Å². The second kappa shape index (κ2) is 7.21. The number of rotatable bonds is 4. The van der Waals surface area contributed by atoms with Crippen molar-refractivity contribution in [2.24, 2.45) is 5.92 Å². The molecule has 3 aromatic carbocycles. The molecule has 0 aliphatic rings. The molecule has 2 nitrogen and oxygen atoms in total. The zero-order chi connectivity index (χ0) is 19.8. The Morgan fingerprint density at radius 3 is 2.41 bits per heavy atom. The lowest BCUT2D eigenvalue weighted by Gasteiger charge is -2.10. The van der Waals surface area contributed by atoms with Gasteiger partial charge >= 0.3 is 0 Å². The van der Waals surface area contributed by atoms with Crippen molar-refractivity contribution >= 4 is 21.9 Å². The molecule has 0 saturated carbocycles. The van der Waals surface area contributed by atoms with E-state index in [0.717, 1.165) is 39.6 Å². The van der Waals surface area contributed by atoms with Crippen LogP contribution in [0.5, 0.6) is 0 Å².